The van der Waals surface area contributed by atoms with Crippen molar-refractivity contribution in [2.24, 2.45) is 0 Å². The number of benzene rings is 1. The van der Waals surface area contributed by atoms with E-state index >= 15 is 0 Å². The summed E-state index contributed by atoms with van der Waals surface area (Å²) >= 11 is 0. The van der Waals surface area contributed by atoms with Crippen LogP contribution in [0.1, 0.15) is 10.6 Å². The molecule has 0 aliphatic rings. The van der Waals surface area contributed by atoms with Gasteiger partial charge in [-0.15, -0.1) is 0 Å². The second-order valence-electron chi connectivity index (χ2n) is 3.35. The molecule has 0 amide bonds. The summed E-state index contributed by atoms with van der Waals surface area (Å²) in [5, 5.41) is 14.0. The number of rotatable bonds is 1. The normalized spacial score (nSPS) is 11.0. The van der Waals surface area contributed by atoms with Gasteiger partial charge in [0.2, 0.25) is 0 Å². The van der Waals surface area contributed by atoms with E-state index < -0.39 is 5.97 Å². The van der Waals surface area contributed by atoms with Gasteiger partial charge in [-0.25, -0.2) is 4.79 Å². The van der Waals surface area contributed by atoms with Crippen LogP contribution in [0.2, 0.25) is 0 Å². The Hall–Kier alpha value is -2.43. The summed E-state index contributed by atoms with van der Waals surface area (Å²) in [7, 11) is 0. The van der Waals surface area contributed by atoms with Crippen molar-refractivity contribution >= 4 is 27.8 Å². The molecule has 0 radical (unpaired) electrons. The SMILES string of the molecule is O=C(O)c1onc2c1ccc1cccnc12. The van der Waals surface area contributed by atoms with Gasteiger partial charge in [0.15, 0.2) is 0 Å². The first kappa shape index (κ1) is 8.84. The summed E-state index contributed by atoms with van der Waals surface area (Å²) in [4.78, 5) is 15.0. The van der Waals surface area contributed by atoms with Crippen molar-refractivity contribution in [3.63, 3.8) is 0 Å². The predicted molar refractivity (Wildman–Crippen MR) is 56.3 cm³/mol. The van der Waals surface area contributed by atoms with Gasteiger partial charge in [-0.05, 0) is 12.1 Å². The highest BCUT2D eigenvalue weighted by atomic mass is 16.5. The van der Waals surface area contributed by atoms with Crippen LogP contribution in [0.25, 0.3) is 21.8 Å². The number of pyridine rings is 1. The first-order valence-corrected chi connectivity index (χ1v) is 4.64. The average Bonchev–Trinajstić information content (AvgIpc) is 2.73. The summed E-state index contributed by atoms with van der Waals surface area (Å²) < 4.78 is 4.80. The third kappa shape index (κ3) is 1.08. The highest BCUT2D eigenvalue weighted by Crippen LogP contribution is 2.25. The van der Waals surface area contributed by atoms with Crippen molar-refractivity contribution in [2.75, 3.05) is 0 Å². The zero-order valence-electron chi connectivity index (χ0n) is 8.04. The average molecular weight is 214 g/mol. The summed E-state index contributed by atoms with van der Waals surface area (Å²) in [5.41, 5.74) is 1.13. The number of aromatic carboxylic acids is 1. The predicted octanol–water partition coefficient (Wildman–Crippen LogP) is 2.07. The molecule has 2 aromatic heterocycles. The van der Waals surface area contributed by atoms with Gasteiger partial charge in [0.25, 0.3) is 5.76 Å². The summed E-state index contributed by atoms with van der Waals surface area (Å²) in [5.74, 6) is -1.28. The van der Waals surface area contributed by atoms with E-state index in [0.29, 0.717) is 16.4 Å². The van der Waals surface area contributed by atoms with E-state index in [4.69, 9.17) is 9.63 Å². The van der Waals surface area contributed by atoms with Crippen molar-refractivity contribution in [1.29, 1.82) is 0 Å². The molecule has 3 aromatic rings. The molecule has 5 heteroatoms. The van der Waals surface area contributed by atoms with E-state index in [1.165, 1.54) is 0 Å². The van der Waals surface area contributed by atoms with E-state index in [2.05, 4.69) is 10.1 Å². The molecule has 0 saturated carbocycles. The van der Waals surface area contributed by atoms with Crippen molar-refractivity contribution < 1.29 is 14.4 Å². The van der Waals surface area contributed by atoms with Gasteiger partial charge >= 0.3 is 5.97 Å². The van der Waals surface area contributed by atoms with Gasteiger partial charge in [0, 0.05) is 11.6 Å². The monoisotopic (exact) mass is 214 g/mol. The maximum atomic E-state index is 10.9. The Labute approximate surface area is 89.3 Å². The Morgan fingerprint density at radius 2 is 2.12 bits per heavy atom. The standard InChI is InChI=1S/C11H6N2O3/c14-11(15)10-7-4-3-6-2-1-5-12-8(6)9(7)13-16-10/h1-5H,(H,14,15). The molecule has 1 aromatic carbocycles. The molecule has 2 heterocycles. The van der Waals surface area contributed by atoms with Crippen LogP contribution in [0, 0.1) is 0 Å². The quantitative estimate of drug-likeness (QED) is 0.671. The third-order valence-electron chi connectivity index (χ3n) is 2.41. The van der Waals surface area contributed by atoms with Crippen LogP contribution in [-0.2, 0) is 0 Å². The third-order valence-corrected chi connectivity index (χ3v) is 2.41. The van der Waals surface area contributed by atoms with Gasteiger partial charge in [-0.1, -0.05) is 17.3 Å². The number of hydrogen-bond donors (Lipinski definition) is 1. The van der Waals surface area contributed by atoms with E-state index in [-0.39, 0.29) is 5.76 Å². The van der Waals surface area contributed by atoms with Crippen LogP contribution in [0.15, 0.2) is 35.0 Å². The van der Waals surface area contributed by atoms with Crippen molar-refractivity contribution in [3.05, 3.63) is 36.2 Å². The second kappa shape index (κ2) is 3.03. The zero-order valence-corrected chi connectivity index (χ0v) is 8.04. The van der Waals surface area contributed by atoms with Gasteiger partial charge < -0.3 is 9.63 Å². The Morgan fingerprint density at radius 1 is 1.25 bits per heavy atom. The number of carboxylic acids is 1. The molecule has 5 nitrogen and oxygen atoms in total. The maximum Gasteiger partial charge on any atom is 0.375 e. The highest BCUT2D eigenvalue weighted by molar-refractivity contribution is 6.09. The lowest BCUT2D eigenvalue weighted by atomic mass is 10.1. The molecule has 3 rings (SSSR count). The molecule has 0 atom stereocenters. The molecular weight excluding hydrogens is 208 g/mol. The highest BCUT2D eigenvalue weighted by Gasteiger charge is 2.17. The molecule has 0 saturated heterocycles. The lowest BCUT2D eigenvalue weighted by Gasteiger charge is -1.95. The van der Waals surface area contributed by atoms with Gasteiger partial charge in [-0.2, -0.15) is 0 Å². The fourth-order valence-electron chi connectivity index (χ4n) is 1.70. The zero-order chi connectivity index (χ0) is 11.1. The van der Waals surface area contributed by atoms with Gasteiger partial charge in [0.05, 0.1) is 10.9 Å². The number of aromatic nitrogens is 2. The van der Waals surface area contributed by atoms with Crippen molar-refractivity contribution in [3.8, 4) is 0 Å². The minimum atomic E-state index is -1.13. The number of carboxylic acid groups (broad SMARTS) is 1. The van der Waals surface area contributed by atoms with Crippen LogP contribution >= 0.6 is 0 Å². The molecule has 0 bridgehead atoms. The van der Waals surface area contributed by atoms with Crippen LogP contribution in [0.3, 0.4) is 0 Å². The fourth-order valence-corrected chi connectivity index (χ4v) is 1.70. The molecule has 0 unspecified atom stereocenters. The first-order valence-electron chi connectivity index (χ1n) is 4.64. The van der Waals surface area contributed by atoms with E-state index in [0.717, 1.165) is 5.39 Å². The van der Waals surface area contributed by atoms with Crippen molar-refractivity contribution in [1.82, 2.24) is 10.1 Å². The van der Waals surface area contributed by atoms with Crippen LogP contribution in [0.5, 0.6) is 0 Å². The lowest BCUT2D eigenvalue weighted by Crippen LogP contribution is -1.93. The van der Waals surface area contributed by atoms with E-state index in [1.54, 1.807) is 18.3 Å². The van der Waals surface area contributed by atoms with Gasteiger partial charge in [-0.3, -0.25) is 4.98 Å². The van der Waals surface area contributed by atoms with Crippen LogP contribution in [0.4, 0.5) is 0 Å². The summed E-state index contributed by atoms with van der Waals surface area (Å²) in [6.45, 7) is 0. The van der Waals surface area contributed by atoms with E-state index in [1.807, 2.05) is 12.1 Å². The number of nitrogens with zero attached hydrogens (tertiary/aromatic N) is 2. The summed E-state index contributed by atoms with van der Waals surface area (Å²) in [6.07, 6.45) is 1.64. The Bertz CT molecular complexity index is 703. The Balaban J connectivity index is 2.49. The molecule has 0 spiro atoms. The largest absolute Gasteiger partial charge is 0.475 e. The molecule has 78 valence electrons. The summed E-state index contributed by atoms with van der Waals surface area (Å²) in [6, 6.07) is 7.18. The maximum absolute atomic E-state index is 10.9. The smallest absolute Gasteiger partial charge is 0.375 e. The van der Waals surface area contributed by atoms with E-state index in [9.17, 15) is 4.79 Å². The first-order chi connectivity index (χ1) is 7.77. The second-order valence-corrected chi connectivity index (χ2v) is 3.35. The van der Waals surface area contributed by atoms with Gasteiger partial charge in [0.1, 0.15) is 5.52 Å². The van der Waals surface area contributed by atoms with Crippen LogP contribution in [-0.4, -0.2) is 21.2 Å². The van der Waals surface area contributed by atoms with Crippen LogP contribution < -0.4 is 0 Å². The molecular formula is C11H6N2O3. The fraction of sp³-hybridized carbons (Fsp3) is 0. The topological polar surface area (TPSA) is 76.2 Å². The van der Waals surface area contributed by atoms with Crippen molar-refractivity contribution in [2.45, 2.75) is 0 Å². The Morgan fingerprint density at radius 3 is 2.94 bits per heavy atom. The number of hydrogen-bond acceptors (Lipinski definition) is 4. The molecule has 1 N–H and O–H groups in total. The number of carbonyl (C=O) groups is 1. The minimum absolute atomic E-state index is 0.150. The molecule has 0 fully saturated rings. The Kier molecular flexibility index (Phi) is 1.67. The minimum Gasteiger partial charge on any atom is -0.475 e. The lowest BCUT2D eigenvalue weighted by molar-refractivity contribution is 0.0655. The molecule has 0 aliphatic carbocycles. The molecule has 0 aliphatic heterocycles. The number of fused-ring (bicyclic) bond motifs is 3. The molecule has 16 heavy (non-hydrogen) atoms.